The van der Waals surface area contributed by atoms with Gasteiger partial charge >= 0.3 is 0 Å². The number of hydrogen-bond donors (Lipinski definition) is 2. The smallest absolute Gasteiger partial charge is 0.229 e. The van der Waals surface area contributed by atoms with Crippen LogP contribution in [-0.4, -0.2) is 52.6 Å². The molecular formula is C23H33FN6. The van der Waals surface area contributed by atoms with Gasteiger partial charge in [0.25, 0.3) is 0 Å². The minimum absolute atomic E-state index is 0.0155. The number of anilines is 4. The van der Waals surface area contributed by atoms with Crippen LogP contribution in [0.15, 0.2) is 24.4 Å². The van der Waals surface area contributed by atoms with Crippen LogP contribution in [0.25, 0.3) is 0 Å². The first-order chi connectivity index (χ1) is 14.0. The van der Waals surface area contributed by atoms with E-state index in [0.717, 1.165) is 31.5 Å². The van der Waals surface area contributed by atoms with Crippen LogP contribution in [0.5, 0.6) is 0 Å². The second kappa shape index (κ2) is 7.38. The van der Waals surface area contributed by atoms with Crippen LogP contribution in [-0.2, 0) is 6.42 Å². The molecule has 30 heavy (non-hydrogen) atoms. The van der Waals surface area contributed by atoms with Crippen molar-refractivity contribution in [2.24, 2.45) is 0 Å². The van der Waals surface area contributed by atoms with Gasteiger partial charge in [-0.2, -0.15) is 4.98 Å². The molecule has 1 fully saturated rings. The molecule has 0 radical (unpaired) electrons. The molecule has 2 N–H and O–H groups in total. The molecule has 7 heteroatoms. The first-order valence-corrected chi connectivity index (χ1v) is 10.7. The summed E-state index contributed by atoms with van der Waals surface area (Å²) in [5.74, 6) is 0.233. The number of fused-ring (bicyclic) bond motifs is 1. The van der Waals surface area contributed by atoms with Crippen molar-refractivity contribution in [2.75, 3.05) is 36.2 Å². The summed E-state index contributed by atoms with van der Waals surface area (Å²) in [7, 11) is 4.27. The average Bonchev–Trinajstić information content (AvgIpc) is 3.02. The summed E-state index contributed by atoms with van der Waals surface area (Å²) < 4.78 is 14.5. The summed E-state index contributed by atoms with van der Waals surface area (Å²) in [6.45, 7) is 9.96. The molecule has 0 saturated carbocycles. The van der Waals surface area contributed by atoms with E-state index in [2.05, 4.69) is 84.3 Å². The largest absolute Gasteiger partial charge is 0.374 e. The van der Waals surface area contributed by atoms with Gasteiger partial charge in [0, 0.05) is 42.1 Å². The molecule has 0 atom stereocenters. The van der Waals surface area contributed by atoms with Crippen molar-refractivity contribution in [1.82, 2.24) is 14.9 Å². The topological polar surface area (TPSA) is 56.3 Å². The van der Waals surface area contributed by atoms with E-state index >= 15 is 0 Å². The van der Waals surface area contributed by atoms with Gasteiger partial charge in [0.05, 0.1) is 6.20 Å². The lowest BCUT2D eigenvalue weighted by Gasteiger charge is -2.53. The van der Waals surface area contributed by atoms with Crippen LogP contribution < -0.4 is 15.5 Å². The number of likely N-dealkylation sites (N-methyl/N-ethyl adjacent to an activating group) is 1. The van der Waals surface area contributed by atoms with Gasteiger partial charge < -0.3 is 15.5 Å². The van der Waals surface area contributed by atoms with E-state index in [1.165, 1.54) is 17.4 Å². The van der Waals surface area contributed by atoms with Crippen LogP contribution in [0.4, 0.5) is 27.5 Å². The molecule has 0 aliphatic carbocycles. The fraction of sp³-hybridized carbons (Fsp3) is 0.565. The molecule has 1 aromatic heterocycles. The molecule has 4 rings (SSSR count). The fourth-order valence-electron chi connectivity index (χ4n) is 4.97. The standard InChI is InChI=1S/C23H33FN6/c1-22(2)12-17(13-23(3,4)30(22)6)26-20-18(24)14-25-21(28-20)27-16-7-8-19-15(11-16)9-10-29(19)5/h7-8,11,14,17H,9-10,12-13H2,1-6H3,(H2,25,26,27,28). The second-order valence-corrected chi connectivity index (χ2v) is 9.96. The van der Waals surface area contributed by atoms with Gasteiger partial charge in [-0.25, -0.2) is 9.37 Å². The Kier molecular flexibility index (Phi) is 5.12. The third-order valence-electron chi connectivity index (χ3n) is 6.86. The van der Waals surface area contributed by atoms with Gasteiger partial charge in [0.1, 0.15) is 0 Å². The molecule has 1 aromatic carbocycles. The summed E-state index contributed by atoms with van der Waals surface area (Å²) >= 11 is 0. The molecule has 162 valence electrons. The molecule has 0 unspecified atom stereocenters. The lowest BCUT2D eigenvalue weighted by atomic mass is 9.77. The van der Waals surface area contributed by atoms with Crippen molar-refractivity contribution in [3.05, 3.63) is 35.8 Å². The Morgan fingerprint density at radius 1 is 1.10 bits per heavy atom. The van der Waals surface area contributed by atoms with Gasteiger partial charge in [-0.15, -0.1) is 0 Å². The monoisotopic (exact) mass is 412 g/mol. The Morgan fingerprint density at radius 2 is 1.80 bits per heavy atom. The van der Waals surface area contributed by atoms with E-state index in [1.807, 2.05) is 6.07 Å². The maximum atomic E-state index is 14.5. The third-order valence-corrected chi connectivity index (χ3v) is 6.86. The SMILES string of the molecule is CN1CCc2cc(Nc3ncc(F)c(NC4CC(C)(C)N(C)C(C)(C)C4)n3)ccc21. The highest BCUT2D eigenvalue weighted by molar-refractivity contribution is 5.66. The molecule has 0 amide bonds. The molecule has 3 heterocycles. The fourth-order valence-corrected chi connectivity index (χ4v) is 4.97. The lowest BCUT2D eigenvalue weighted by molar-refractivity contribution is -0.00778. The van der Waals surface area contributed by atoms with E-state index in [0.29, 0.717) is 5.95 Å². The highest BCUT2D eigenvalue weighted by Crippen LogP contribution is 2.38. The Bertz CT molecular complexity index is 923. The van der Waals surface area contributed by atoms with Crippen molar-refractivity contribution < 1.29 is 4.39 Å². The van der Waals surface area contributed by atoms with Crippen molar-refractivity contribution in [1.29, 1.82) is 0 Å². The molecular weight excluding hydrogens is 379 g/mol. The lowest BCUT2D eigenvalue weighted by Crippen LogP contribution is -2.61. The molecule has 1 saturated heterocycles. The first kappa shape index (κ1) is 20.8. The van der Waals surface area contributed by atoms with Crippen LogP contribution in [0.3, 0.4) is 0 Å². The molecule has 6 nitrogen and oxygen atoms in total. The quantitative estimate of drug-likeness (QED) is 0.776. The molecule has 2 aromatic rings. The van der Waals surface area contributed by atoms with E-state index in [-0.39, 0.29) is 22.9 Å². The van der Waals surface area contributed by atoms with Gasteiger partial charge in [0.2, 0.25) is 5.95 Å². The Labute approximate surface area is 178 Å². The summed E-state index contributed by atoms with van der Waals surface area (Å²) in [5, 5.41) is 6.59. The average molecular weight is 413 g/mol. The van der Waals surface area contributed by atoms with Crippen molar-refractivity contribution >= 4 is 23.1 Å². The van der Waals surface area contributed by atoms with Crippen molar-refractivity contribution in [3.8, 4) is 0 Å². The third kappa shape index (κ3) is 3.95. The summed E-state index contributed by atoms with van der Waals surface area (Å²) in [5.41, 5.74) is 3.51. The first-order valence-electron chi connectivity index (χ1n) is 10.7. The van der Waals surface area contributed by atoms with Gasteiger partial charge in [-0.3, -0.25) is 4.90 Å². The number of halogens is 1. The van der Waals surface area contributed by atoms with Crippen LogP contribution >= 0.6 is 0 Å². The van der Waals surface area contributed by atoms with E-state index in [9.17, 15) is 4.39 Å². The number of piperidine rings is 1. The normalized spacial score (nSPS) is 20.8. The number of aromatic nitrogens is 2. The van der Waals surface area contributed by atoms with E-state index in [4.69, 9.17) is 0 Å². The van der Waals surface area contributed by atoms with Gasteiger partial charge in [-0.1, -0.05) is 0 Å². The highest BCUT2D eigenvalue weighted by atomic mass is 19.1. The summed E-state index contributed by atoms with van der Waals surface area (Å²) in [4.78, 5) is 13.3. The predicted molar refractivity (Wildman–Crippen MR) is 121 cm³/mol. The predicted octanol–water partition coefficient (Wildman–Crippen LogP) is 4.41. The number of nitrogens with one attached hydrogen (secondary N) is 2. The number of nitrogens with zero attached hydrogens (tertiary/aromatic N) is 4. The maximum Gasteiger partial charge on any atom is 0.229 e. The number of benzene rings is 1. The zero-order valence-electron chi connectivity index (χ0n) is 18.9. The zero-order chi connectivity index (χ0) is 21.7. The Hall–Kier alpha value is -2.41. The molecule has 2 aliphatic heterocycles. The van der Waals surface area contributed by atoms with Crippen molar-refractivity contribution in [2.45, 2.75) is 64.1 Å². The summed E-state index contributed by atoms with van der Waals surface area (Å²) in [6, 6.07) is 6.39. The Balaban J connectivity index is 1.51. The van der Waals surface area contributed by atoms with E-state index < -0.39 is 5.82 Å². The maximum absolute atomic E-state index is 14.5. The van der Waals surface area contributed by atoms with E-state index in [1.54, 1.807) is 0 Å². The van der Waals surface area contributed by atoms with Crippen LogP contribution in [0.1, 0.15) is 46.1 Å². The minimum atomic E-state index is -0.425. The van der Waals surface area contributed by atoms with Gasteiger partial charge in [0.15, 0.2) is 11.6 Å². The Morgan fingerprint density at radius 3 is 2.50 bits per heavy atom. The highest BCUT2D eigenvalue weighted by Gasteiger charge is 2.43. The molecule has 0 bridgehead atoms. The molecule has 2 aliphatic rings. The van der Waals surface area contributed by atoms with Crippen molar-refractivity contribution in [3.63, 3.8) is 0 Å². The second-order valence-electron chi connectivity index (χ2n) is 9.96. The number of likely N-dealkylation sites (tertiary alicyclic amines) is 1. The van der Waals surface area contributed by atoms with Gasteiger partial charge in [-0.05, 0) is 77.8 Å². The number of rotatable bonds is 4. The summed E-state index contributed by atoms with van der Waals surface area (Å²) in [6.07, 6.45) is 4.10. The molecule has 0 spiro atoms. The number of hydrogen-bond acceptors (Lipinski definition) is 6. The van der Waals surface area contributed by atoms with Crippen LogP contribution in [0.2, 0.25) is 0 Å². The zero-order valence-corrected chi connectivity index (χ0v) is 18.9. The minimum Gasteiger partial charge on any atom is -0.374 e. The van der Waals surface area contributed by atoms with Crippen LogP contribution in [0, 0.1) is 5.82 Å².